The molecule has 0 amide bonds. The molecule has 0 saturated heterocycles. The molecule has 2 nitrogen and oxygen atoms in total. The molecule has 0 saturated carbocycles. The maximum atomic E-state index is 9.78. The zero-order valence-corrected chi connectivity index (χ0v) is 23.9. The van der Waals surface area contributed by atoms with Gasteiger partial charge in [0.1, 0.15) is 0 Å². The summed E-state index contributed by atoms with van der Waals surface area (Å²) in [7, 11) is 0. The second kappa shape index (κ2) is 9.68. The number of hydrogen-bond donors (Lipinski definition) is 0. The summed E-state index contributed by atoms with van der Waals surface area (Å²) in [5.74, 6) is 0. The molecular weight excluding hydrogens is 549 g/mol. The van der Waals surface area contributed by atoms with Crippen LogP contribution in [0.5, 0.6) is 0 Å². The Morgan fingerprint density at radius 1 is 0.429 bits per heavy atom. The van der Waals surface area contributed by atoms with Crippen molar-refractivity contribution in [2.45, 2.75) is 0 Å². The molecule has 0 fully saturated rings. The lowest BCUT2D eigenvalue weighted by Gasteiger charge is -2.17. The van der Waals surface area contributed by atoms with Crippen LogP contribution in [-0.2, 0) is 0 Å². The van der Waals surface area contributed by atoms with E-state index in [1.807, 2.05) is 47.7 Å². The van der Waals surface area contributed by atoms with Gasteiger partial charge in [0.05, 0.1) is 23.3 Å². The third-order valence-electron chi connectivity index (χ3n) is 7.95. The third kappa shape index (κ3) is 3.82. The average Bonchev–Trinajstić information content (AvgIpc) is 3.62. The maximum absolute atomic E-state index is 9.78. The van der Waals surface area contributed by atoms with E-state index >= 15 is 0 Å². The monoisotopic (exact) mass is 568 g/mol. The van der Waals surface area contributed by atoms with Gasteiger partial charge in [-0.05, 0) is 88.0 Å². The van der Waals surface area contributed by atoms with Gasteiger partial charge in [0.2, 0.25) is 0 Å². The molecule has 4 heteroatoms. The van der Waals surface area contributed by atoms with Crippen molar-refractivity contribution in [1.29, 1.82) is 10.5 Å². The number of hydrogen-bond acceptors (Lipinski definition) is 4. The average molecular weight is 569 g/mol. The van der Waals surface area contributed by atoms with Gasteiger partial charge in [0.15, 0.2) is 0 Å². The number of nitrogens with zero attached hydrogens (tertiary/aromatic N) is 2. The van der Waals surface area contributed by atoms with E-state index < -0.39 is 0 Å². The summed E-state index contributed by atoms with van der Waals surface area (Å²) in [6, 6.07) is 46.8. The molecule has 42 heavy (non-hydrogen) atoms. The predicted octanol–water partition coefficient (Wildman–Crippen LogP) is 11.2. The van der Waals surface area contributed by atoms with E-state index in [0.29, 0.717) is 11.1 Å². The van der Waals surface area contributed by atoms with E-state index in [0.717, 1.165) is 38.6 Å². The Morgan fingerprint density at radius 2 is 1.07 bits per heavy atom. The molecule has 0 unspecified atom stereocenters. The molecule has 194 valence electrons. The molecule has 0 atom stereocenters. The van der Waals surface area contributed by atoms with Crippen LogP contribution in [0.4, 0.5) is 0 Å². The van der Waals surface area contributed by atoms with E-state index in [1.54, 1.807) is 11.3 Å². The standard InChI is InChI=1S/C38H20N2S2/c39-21-23-6-3-7-26(18-23)37-27(25-15-17-35-32(20-25)31-19-24(22-40)14-16-34(31)41-35)9-4-10-28(37)29-11-5-13-36-38(29)30-8-1-2-12-33(30)42-36/h1-20H. The van der Waals surface area contributed by atoms with E-state index in [-0.39, 0.29) is 0 Å². The van der Waals surface area contributed by atoms with Crippen LogP contribution in [0.15, 0.2) is 121 Å². The van der Waals surface area contributed by atoms with Crippen molar-refractivity contribution in [2.75, 3.05) is 0 Å². The fourth-order valence-corrected chi connectivity index (χ4v) is 8.29. The van der Waals surface area contributed by atoms with Crippen LogP contribution >= 0.6 is 22.7 Å². The summed E-state index contributed by atoms with van der Waals surface area (Å²) < 4.78 is 4.90. The highest BCUT2D eigenvalue weighted by Gasteiger charge is 2.19. The lowest BCUT2D eigenvalue weighted by Crippen LogP contribution is -1.92. The quantitative estimate of drug-likeness (QED) is 0.213. The summed E-state index contributed by atoms with van der Waals surface area (Å²) in [5, 5.41) is 24.1. The van der Waals surface area contributed by atoms with Gasteiger partial charge >= 0.3 is 0 Å². The van der Waals surface area contributed by atoms with Crippen LogP contribution in [0.25, 0.3) is 73.7 Å². The van der Waals surface area contributed by atoms with Crippen molar-refractivity contribution in [2.24, 2.45) is 0 Å². The van der Waals surface area contributed by atoms with Gasteiger partial charge in [-0.15, -0.1) is 22.7 Å². The Bertz CT molecular complexity index is 2450. The van der Waals surface area contributed by atoms with Crippen LogP contribution in [0.3, 0.4) is 0 Å². The molecule has 0 N–H and O–H groups in total. The molecule has 0 aliphatic rings. The molecule has 6 aromatic carbocycles. The second-order valence-electron chi connectivity index (χ2n) is 10.3. The molecular formula is C38H20N2S2. The van der Waals surface area contributed by atoms with Crippen LogP contribution in [0, 0.1) is 22.7 Å². The summed E-state index contributed by atoms with van der Waals surface area (Å²) in [4.78, 5) is 0. The number of benzene rings is 6. The normalized spacial score (nSPS) is 11.3. The van der Waals surface area contributed by atoms with Crippen molar-refractivity contribution in [3.8, 4) is 45.5 Å². The molecule has 0 spiro atoms. The number of thiophene rings is 2. The Balaban J connectivity index is 1.45. The van der Waals surface area contributed by atoms with Gasteiger partial charge < -0.3 is 0 Å². The summed E-state index contributed by atoms with van der Waals surface area (Å²) in [6.07, 6.45) is 0. The highest BCUT2D eigenvalue weighted by atomic mass is 32.1. The minimum Gasteiger partial charge on any atom is -0.192 e. The fraction of sp³-hybridized carbons (Fsp3) is 0. The Kier molecular flexibility index (Phi) is 5.66. The number of rotatable bonds is 3. The minimum absolute atomic E-state index is 0.635. The lowest BCUT2D eigenvalue weighted by atomic mass is 9.85. The molecule has 2 heterocycles. The van der Waals surface area contributed by atoms with Crippen molar-refractivity contribution < 1.29 is 0 Å². The van der Waals surface area contributed by atoms with E-state index in [1.165, 1.54) is 35.1 Å². The SMILES string of the molecule is N#Cc1cccc(-c2c(-c3ccc4sc5ccc(C#N)cc5c4c3)cccc2-c2cccc3sc4ccccc4c23)c1. The summed E-state index contributed by atoms with van der Waals surface area (Å²) >= 11 is 3.57. The van der Waals surface area contributed by atoms with Crippen molar-refractivity contribution in [3.63, 3.8) is 0 Å². The van der Waals surface area contributed by atoms with Crippen LogP contribution in [0.1, 0.15) is 11.1 Å². The summed E-state index contributed by atoms with van der Waals surface area (Å²) in [5.41, 5.74) is 7.95. The lowest BCUT2D eigenvalue weighted by molar-refractivity contribution is 1.48. The first-order chi connectivity index (χ1) is 20.7. The van der Waals surface area contributed by atoms with Gasteiger partial charge in [-0.25, -0.2) is 0 Å². The topological polar surface area (TPSA) is 47.6 Å². The zero-order valence-electron chi connectivity index (χ0n) is 22.3. The Hall–Kier alpha value is -5.26. The van der Waals surface area contributed by atoms with Gasteiger partial charge in [0, 0.05) is 40.3 Å². The van der Waals surface area contributed by atoms with Crippen molar-refractivity contribution >= 4 is 63.0 Å². The number of nitriles is 2. The minimum atomic E-state index is 0.635. The van der Waals surface area contributed by atoms with E-state index in [2.05, 4.69) is 97.1 Å². The predicted molar refractivity (Wildman–Crippen MR) is 178 cm³/mol. The van der Waals surface area contributed by atoms with E-state index in [9.17, 15) is 10.5 Å². The first-order valence-electron chi connectivity index (χ1n) is 13.6. The zero-order chi connectivity index (χ0) is 28.2. The molecule has 0 aliphatic carbocycles. The van der Waals surface area contributed by atoms with Crippen LogP contribution < -0.4 is 0 Å². The van der Waals surface area contributed by atoms with Gasteiger partial charge in [-0.2, -0.15) is 10.5 Å². The van der Waals surface area contributed by atoms with Crippen LogP contribution in [0.2, 0.25) is 0 Å². The first-order valence-corrected chi connectivity index (χ1v) is 15.3. The fourth-order valence-electron chi connectivity index (χ4n) is 6.09. The Labute approximate surface area is 250 Å². The van der Waals surface area contributed by atoms with Gasteiger partial charge in [-0.1, -0.05) is 66.7 Å². The molecule has 0 radical (unpaired) electrons. The maximum Gasteiger partial charge on any atom is 0.0991 e. The largest absolute Gasteiger partial charge is 0.192 e. The van der Waals surface area contributed by atoms with Gasteiger partial charge in [-0.3, -0.25) is 0 Å². The Morgan fingerprint density at radius 3 is 1.95 bits per heavy atom. The smallest absolute Gasteiger partial charge is 0.0991 e. The highest BCUT2D eigenvalue weighted by Crippen LogP contribution is 2.46. The summed E-state index contributed by atoms with van der Waals surface area (Å²) in [6.45, 7) is 0. The number of fused-ring (bicyclic) bond motifs is 6. The van der Waals surface area contributed by atoms with E-state index in [4.69, 9.17) is 0 Å². The van der Waals surface area contributed by atoms with Crippen molar-refractivity contribution in [1.82, 2.24) is 0 Å². The van der Waals surface area contributed by atoms with Crippen molar-refractivity contribution in [3.05, 3.63) is 132 Å². The second-order valence-corrected chi connectivity index (χ2v) is 12.5. The molecule has 0 aliphatic heterocycles. The highest BCUT2D eigenvalue weighted by molar-refractivity contribution is 7.26. The van der Waals surface area contributed by atoms with Gasteiger partial charge in [0.25, 0.3) is 0 Å². The molecule has 8 aromatic rings. The first kappa shape index (κ1) is 24.5. The molecule has 8 rings (SSSR count). The van der Waals surface area contributed by atoms with Crippen LogP contribution in [-0.4, -0.2) is 0 Å². The molecule has 0 bridgehead atoms. The molecule has 2 aromatic heterocycles. The third-order valence-corrected chi connectivity index (χ3v) is 10.2.